The van der Waals surface area contributed by atoms with Gasteiger partial charge in [0, 0.05) is 10.8 Å². The van der Waals surface area contributed by atoms with Crippen molar-refractivity contribution in [3.63, 3.8) is 0 Å². The molecule has 4 aromatic carbocycles. The van der Waals surface area contributed by atoms with Gasteiger partial charge in [0.1, 0.15) is 0 Å². The predicted molar refractivity (Wildman–Crippen MR) is 81.5 cm³/mol. The molecule has 0 bridgehead atoms. The molecule has 0 aromatic heterocycles. The summed E-state index contributed by atoms with van der Waals surface area (Å²) in [6.45, 7) is 0. The Morgan fingerprint density at radius 1 is 0.800 bits per heavy atom. The van der Waals surface area contributed by atoms with Crippen molar-refractivity contribution in [2.45, 2.75) is 0 Å². The van der Waals surface area contributed by atoms with E-state index in [9.17, 15) is 4.21 Å². The fourth-order valence-corrected chi connectivity index (χ4v) is 3.16. The molecule has 3 nitrogen and oxygen atoms in total. The van der Waals surface area contributed by atoms with Crippen LogP contribution >= 0.6 is 0 Å². The van der Waals surface area contributed by atoms with E-state index in [0.717, 1.165) is 32.3 Å². The molecule has 1 atom stereocenters. The third-order valence-electron chi connectivity index (χ3n) is 3.65. The molecule has 0 radical (unpaired) electrons. The van der Waals surface area contributed by atoms with E-state index in [0.29, 0.717) is 5.75 Å². The molecular formula is C16H10O3S. The van der Waals surface area contributed by atoms with E-state index in [1.807, 2.05) is 24.3 Å². The predicted octanol–water partition coefficient (Wildman–Crippen LogP) is 4.10. The molecule has 0 heterocycles. The second-order valence-corrected chi connectivity index (χ2v) is 5.32. The highest BCUT2D eigenvalue weighted by Gasteiger charge is 2.12. The minimum absolute atomic E-state index is 0.427. The van der Waals surface area contributed by atoms with Crippen LogP contribution in [0.25, 0.3) is 32.3 Å². The minimum Gasteiger partial charge on any atom is -0.379 e. The zero-order valence-electron chi connectivity index (χ0n) is 10.4. The summed E-state index contributed by atoms with van der Waals surface area (Å²) >= 11 is -2.32. The Labute approximate surface area is 117 Å². The molecule has 0 aliphatic rings. The SMILES string of the molecule is O=S(O)Oc1ccc2ccc3cccc4ccc1c2c34. The lowest BCUT2D eigenvalue weighted by atomic mass is 9.94. The van der Waals surface area contributed by atoms with Gasteiger partial charge in [-0.25, -0.2) is 0 Å². The van der Waals surface area contributed by atoms with Crippen LogP contribution in [0.2, 0.25) is 0 Å². The largest absolute Gasteiger partial charge is 0.379 e. The standard InChI is InChI=1S/C16H10O3S/c17-20(18)19-14-9-7-12-5-4-10-2-1-3-11-6-8-13(14)16(12)15(10)11/h1-9H,(H,17,18). The molecule has 0 saturated heterocycles. The van der Waals surface area contributed by atoms with Gasteiger partial charge >= 0.3 is 11.4 Å². The molecule has 4 rings (SSSR count). The zero-order chi connectivity index (χ0) is 13.7. The topological polar surface area (TPSA) is 46.5 Å². The van der Waals surface area contributed by atoms with E-state index < -0.39 is 11.4 Å². The molecule has 1 unspecified atom stereocenters. The highest BCUT2D eigenvalue weighted by molar-refractivity contribution is 7.74. The first-order valence-electron chi connectivity index (χ1n) is 6.20. The maximum atomic E-state index is 10.9. The molecule has 98 valence electrons. The van der Waals surface area contributed by atoms with Crippen LogP contribution in [0.4, 0.5) is 0 Å². The van der Waals surface area contributed by atoms with Crippen molar-refractivity contribution >= 4 is 43.7 Å². The van der Waals surface area contributed by atoms with Gasteiger partial charge in [-0.3, -0.25) is 4.55 Å². The first-order chi connectivity index (χ1) is 9.74. The Kier molecular flexibility index (Phi) is 2.42. The summed E-state index contributed by atoms with van der Waals surface area (Å²) in [6.07, 6.45) is 0. The Morgan fingerprint density at radius 2 is 1.40 bits per heavy atom. The molecule has 0 amide bonds. The van der Waals surface area contributed by atoms with Gasteiger partial charge in [-0.1, -0.05) is 42.5 Å². The zero-order valence-corrected chi connectivity index (χ0v) is 11.2. The quantitative estimate of drug-likeness (QED) is 0.445. The summed E-state index contributed by atoms with van der Waals surface area (Å²) in [5, 5.41) is 6.50. The summed E-state index contributed by atoms with van der Waals surface area (Å²) in [4.78, 5) is 0. The van der Waals surface area contributed by atoms with Gasteiger partial charge in [0.15, 0.2) is 5.75 Å². The van der Waals surface area contributed by atoms with Crippen LogP contribution in [0.15, 0.2) is 54.6 Å². The molecule has 20 heavy (non-hydrogen) atoms. The van der Waals surface area contributed by atoms with Crippen molar-refractivity contribution in [3.05, 3.63) is 54.6 Å². The summed E-state index contributed by atoms with van der Waals surface area (Å²) in [7, 11) is 0. The van der Waals surface area contributed by atoms with Gasteiger partial charge in [-0.2, -0.15) is 4.21 Å². The van der Waals surface area contributed by atoms with E-state index in [-0.39, 0.29) is 0 Å². The first kappa shape index (κ1) is 11.6. The lowest BCUT2D eigenvalue weighted by Gasteiger charge is -2.12. The number of hydrogen-bond donors (Lipinski definition) is 1. The van der Waals surface area contributed by atoms with E-state index in [2.05, 4.69) is 24.3 Å². The average molecular weight is 282 g/mol. The maximum Gasteiger partial charge on any atom is 0.357 e. The van der Waals surface area contributed by atoms with Gasteiger partial charge in [0.2, 0.25) is 0 Å². The van der Waals surface area contributed by atoms with Gasteiger partial charge in [-0.05, 0) is 33.7 Å². The van der Waals surface area contributed by atoms with Crippen LogP contribution in [0.5, 0.6) is 5.75 Å². The van der Waals surface area contributed by atoms with Crippen molar-refractivity contribution in [3.8, 4) is 5.75 Å². The van der Waals surface area contributed by atoms with Crippen molar-refractivity contribution < 1.29 is 12.9 Å². The smallest absolute Gasteiger partial charge is 0.357 e. The number of rotatable bonds is 2. The lowest BCUT2D eigenvalue weighted by molar-refractivity contribution is 0.460. The van der Waals surface area contributed by atoms with Crippen molar-refractivity contribution in [1.29, 1.82) is 0 Å². The Hall–Kier alpha value is -2.17. The summed E-state index contributed by atoms with van der Waals surface area (Å²) in [6, 6.07) is 17.9. The molecule has 0 aliphatic carbocycles. The Balaban J connectivity index is 2.23. The summed E-state index contributed by atoms with van der Waals surface area (Å²) in [5.74, 6) is 0.427. The van der Waals surface area contributed by atoms with Crippen LogP contribution < -0.4 is 4.18 Å². The van der Waals surface area contributed by atoms with Gasteiger partial charge in [0.25, 0.3) is 0 Å². The lowest BCUT2D eigenvalue weighted by Crippen LogP contribution is -1.98. The molecule has 1 N–H and O–H groups in total. The van der Waals surface area contributed by atoms with E-state index in [4.69, 9.17) is 8.74 Å². The van der Waals surface area contributed by atoms with E-state index in [1.165, 1.54) is 0 Å². The number of benzene rings is 4. The Bertz CT molecular complexity index is 946. The molecule has 0 fully saturated rings. The monoisotopic (exact) mass is 282 g/mol. The molecule has 0 spiro atoms. The summed E-state index contributed by atoms with van der Waals surface area (Å²) < 4.78 is 24.9. The van der Waals surface area contributed by atoms with E-state index >= 15 is 0 Å². The molecule has 4 aromatic rings. The first-order valence-corrected chi connectivity index (χ1v) is 7.23. The van der Waals surface area contributed by atoms with Crippen molar-refractivity contribution in [1.82, 2.24) is 0 Å². The number of hydrogen-bond acceptors (Lipinski definition) is 2. The third kappa shape index (κ3) is 1.59. The molecule has 0 saturated carbocycles. The minimum atomic E-state index is -2.32. The van der Waals surface area contributed by atoms with Crippen molar-refractivity contribution in [2.75, 3.05) is 0 Å². The second kappa shape index (κ2) is 4.16. The third-order valence-corrected chi connectivity index (χ3v) is 3.97. The van der Waals surface area contributed by atoms with Crippen LogP contribution in [0, 0.1) is 0 Å². The van der Waals surface area contributed by atoms with Gasteiger partial charge < -0.3 is 4.18 Å². The normalized spacial score (nSPS) is 13.2. The fourth-order valence-electron chi connectivity index (χ4n) is 2.86. The van der Waals surface area contributed by atoms with Crippen LogP contribution in [0.1, 0.15) is 0 Å². The molecular weight excluding hydrogens is 272 g/mol. The average Bonchev–Trinajstić information content (AvgIpc) is 2.46. The van der Waals surface area contributed by atoms with E-state index in [1.54, 1.807) is 6.07 Å². The fraction of sp³-hybridized carbons (Fsp3) is 0. The van der Waals surface area contributed by atoms with Gasteiger partial charge in [0.05, 0.1) is 0 Å². The maximum absolute atomic E-state index is 10.9. The Morgan fingerprint density at radius 3 is 2.10 bits per heavy atom. The second-order valence-electron chi connectivity index (χ2n) is 4.72. The highest BCUT2D eigenvalue weighted by Crippen LogP contribution is 2.38. The van der Waals surface area contributed by atoms with Crippen LogP contribution in [0.3, 0.4) is 0 Å². The molecule has 0 aliphatic heterocycles. The summed E-state index contributed by atoms with van der Waals surface area (Å²) in [5.41, 5.74) is 0. The highest BCUT2D eigenvalue weighted by atomic mass is 32.2. The molecule has 4 heteroatoms. The van der Waals surface area contributed by atoms with Crippen molar-refractivity contribution in [2.24, 2.45) is 0 Å². The van der Waals surface area contributed by atoms with Gasteiger partial charge in [-0.15, -0.1) is 0 Å². The van der Waals surface area contributed by atoms with Crippen LogP contribution in [-0.4, -0.2) is 8.76 Å². The van der Waals surface area contributed by atoms with Crippen LogP contribution in [-0.2, 0) is 11.4 Å².